The van der Waals surface area contributed by atoms with E-state index in [-0.39, 0.29) is 18.0 Å². The molecule has 0 aromatic heterocycles. The predicted molar refractivity (Wildman–Crippen MR) is 97.8 cm³/mol. The third-order valence-electron chi connectivity index (χ3n) is 4.19. The Balaban J connectivity index is 1.77. The third kappa shape index (κ3) is 3.67. The number of amides is 4. The molecule has 1 atom stereocenters. The molecule has 1 heterocycles. The van der Waals surface area contributed by atoms with Crippen LogP contribution >= 0.6 is 0 Å². The Morgan fingerprint density at radius 1 is 0.964 bits per heavy atom. The molecule has 0 bridgehead atoms. The van der Waals surface area contributed by atoms with Crippen LogP contribution in [-0.2, 0) is 14.8 Å². The van der Waals surface area contributed by atoms with E-state index in [0.29, 0.717) is 14.8 Å². The Labute approximate surface area is 161 Å². The summed E-state index contributed by atoms with van der Waals surface area (Å²) >= 11 is 0. The predicted octanol–water partition coefficient (Wildman–Crippen LogP) is 1.65. The molecular formula is C18H17N3O6S. The van der Waals surface area contributed by atoms with Gasteiger partial charge in [0.15, 0.2) is 6.04 Å². The molecule has 1 unspecified atom stereocenters. The first kappa shape index (κ1) is 19.4. The fourth-order valence-electron chi connectivity index (χ4n) is 2.78. The van der Waals surface area contributed by atoms with Crippen molar-refractivity contribution in [3.63, 3.8) is 0 Å². The van der Waals surface area contributed by atoms with Gasteiger partial charge in [-0.25, -0.2) is 32.0 Å². The van der Waals surface area contributed by atoms with Crippen LogP contribution in [0.3, 0.4) is 0 Å². The number of rotatable bonds is 5. The summed E-state index contributed by atoms with van der Waals surface area (Å²) in [7, 11) is -4.11. The standard InChI is InChI=1S/C18H17N3O6S/c22-16(23)15(13-7-3-1-4-8-13)19-17(24)20-11-12-21(18(20)25)28(26,27)14-9-5-2-6-10-14/h1-10,15H,11-12H2,(H,19,24)(H,22,23). The molecule has 10 heteroatoms. The molecule has 2 aromatic rings. The lowest BCUT2D eigenvalue weighted by Gasteiger charge is -2.20. The fraction of sp³-hybridized carbons (Fsp3) is 0.167. The van der Waals surface area contributed by atoms with Crippen molar-refractivity contribution in [2.45, 2.75) is 10.9 Å². The van der Waals surface area contributed by atoms with E-state index in [9.17, 15) is 27.9 Å². The molecule has 9 nitrogen and oxygen atoms in total. The third-order valence-corrected chi connectivity index (χ3v) is 5.98. The second-order valence-corrected chi connectivity index (χ2v) is 7.82. The van der Waals surface area contributed by atoms with Gasteiger partial charge in [0.2, 0.25) is 0 Å². The Morgan fingerprint density at radius 2 is 1.54 bits per heavy atom. The first-order valence-electron chi connectivity index (χ1n) is 8.30. The lowest BCUT2D eigenvalue weighted by molar-refractivity contribution is -0.139. The van der Waals surface area contributed by atoms with Crippen molar-refractivity contribution in [1.82, 2.24) is 14.5 Å². The summed E-state index contributed by atoms with van der Waals surface area (Å²) in [6, 6.07) is 12.0. The Hall–Kier alpha value is -3.40. The van der Waals surface area contributed by atoms with Crippen molar-refractivity contribution in [3.05, 3.63) is 66.2 Å². The van der Waals surface area contributed by atoms with Crippen LogP contribution in [0, 0.1) is 0 Å². The molecule has 1 aliphatic rings. The molecule has 0 aliphatic carbocycles. The molecule has 2 aromatic carbocycles. The Morgan fingerprint density at radius 3 is 2.11 bits per heavy atom. The minimum atomic E-state index is -4.11. The zero-order valence-electron chi connectivity index (χ0n) is 14.6. The van der Waals surface area contributed by atoms with Crippen LogP contribution in [-0.4, -0.2) is 53.9 Å². The Kier molecular flexibility index (Phi) is 5.32. The van der Waals surface area contributed by atoms with Gasteiger partial charge in [-0.3, -0.25) is 0 Å². The number of nitrogens with zero attached hydrogens (tertiary/aromatic N) is 2. The van der Waals surface area contributed by atoms with Crippen LogP contribution in [0.2, 0.25) is 0 Å². The molecule has 28 heavy (non-hydrogen) atoms. The zero-order valence-corrected chi connectivity index (χ0v) is 15.4. The summed E-state index contributed by atoms with van der Waals surface area (Å²) in [5.41, 5.74) is 0.323. The maximum atomic E-state index is 12.6. The number of hydrogen-bond donors (Lipinski definition) is 2. The molecule has 0 spiro atoms. The zero-order chi connectivity index (χ0) is 20.3. The van der Waals surface area contributed by atoms with Crippen LogP contribution in [0.25, 0.3) is 0 Å². The van der Waals surface area contributed by atoms with Crippen LogP contribution in [0.4, 0.5) is 9.59 Å². The number of nitrogens with one attached hydrogen (secondary N) is 1. The summed E-state index contributed by atoms with van der Waals surface area (Å²) < 4.78 is 25.8. The van der Waals surface area contributed by atoms with Crippen LogP contribution in [0.15, 0.2) is 65.6 Å². The van der Waals surface area contributed by atoms with Crippen molar-refractivity contribution < 1.29 is 27.9 Å². The number of carboxylic acids is 1. The quantitative estimate of drug-likeness (QED) is 0.782. The maximum Gasteiger partial charge on any atom is 0.342 e. The summed E-state index contributed by atoms with van der Waals surface area (Å²) in [6.45, 7) is -0.398. The summed E-state index contributed by atoms with van der Waals surface area (Å²) in [6.07, 6.45) is 0. The highest BCUT2D eigenvalue weighted by Crippen LogP contribution is 2.22. The molecule has 1 fully saturated rings. The van der Waals surface area contributed by atoms with Gasteiger partial charge in [0, 0.05) is 0 Å². The number of carbonyl (C=O) groups is 3. The minimum Gasteiger partial charge on any atom is -0.479 e. The topological polar surface area (TPSA) is 124 Å². The van der Waals surface area contributed by atoms with Gasteiger partial charge in [-0.2, -0.15) is 0 Å². The van der Waals surface area contributed by atoms with Crippen LogP contribution in [0.5, 0.6) is 0 Å². The maximum absolute atomic E-state index is 12.6. The summed E-state index contributed by atoms with van der Waals surface area (Å²) in [5, 5.41) is 11.7. The normalized spacial score (nSPS) is 15.4. The van der Waals surface area contributed by atoms with Crippen molar-refractivity contribution >= 4 is 28.1 Å². The molecule has 1 aliphatic heterocycles. The van der Waals surface area contributed by atoms with E-state index in [4.69, 9.17) is 0 Å². The van der Waals surface area contributed by atoms with Crippen LogP contribution < -0.4 is 5.32 Å². The SMILES string of the molecule is O=C(O)C(NC(=O)N1CCN(S(=O)(=O)c2ccccc2)C1=O)c1ccccc1. The molecule has 4 amide bonds. The molecule has 2 N–H and O–H groups in total. The van der Waals surface area contributed by atoms with Gasteiger partial charge in [-0.05, 0) is 17.7 Å². The molecule has 0 saturated carbocycles. The summed E-state index contributed by atoms with van der Waals surface area (Å²) in [4.78, 5) is 37.1. The van der Waals surface area contributed by atoms with Gasteiger partial charge >= 0.3 is 18.0 Å². The number of benzene rings is 2. The first-order chi connectivity index (χ1) is 13.3. The average Bonchev–Trinajstić information content (AvgIpc) is 3.09. The van der Waals surface area contributed by atoms with E-state index in [2.05, 4.69) is 5.32 Å². The number of imide groups is 1. The smallest absolute Gasteiger partial charge is 0.342 e. The van der Waals surface area contributed by atoms with E-state index in [1.807, 2.05) is 0 Å². The molecule has 3 rings (SSSR count). The van der Waals surface area contributed by atoms with E-state index in [1.165, 1.54) is 36.4 Å². The van der Waals surface area contributed by atoms with Gasteiger partial charge in [-0.15, -0.1) is 0 Å². The molecule has 1 saturated heterocycles. The van der Waals surface area contributed by atoms with E-state index in [1.54, 1.807) is 24.3 Å². The lowest BCUT2D eigenvalue weighted by atomic mass is 10.1. The minimum absolute atomic E-state index is 0.0710. The second kappa shape index (κ2) is 7.69. The van der Waals surface area contributed by atoms with Gasteiger partial charge in [0.1, 0.15) is 0 Å². The molecular weight excluding hydrogens is 386 g/mol. The van der Waals surface area contributed by atoms with E-state index in [0.717, 1.165) is 0 Å². The van der Waals surface area contributed by atoms with E-state index >= 15 is 0 Å². The number of sulfonamides is 1. The van der Waals surface area contributed by atoms with Gasteiger partial charge in [0.05, 0.1) is 18.0 Å². The molecule has 0 radical (unpaired) electrons. The van der Waals surface area contributed by atoms with Crippen LogP contribution in [0.1, 0.15) is 11.6 Å². The first-order valence-corrected chi connectivity index (χ1v) is 9.74. The van der Waals surface area contributed by atoms with Crippen molar-refractivity contribution in [3.8, 4) is 0 Å². The summed E-state index contributed by atoms with van der Waals surface area (Å²) in [5.74, 6) is -1.31. The van der Waals surface area contributed by atoms with Gasteiger partial charge in [-0.1, -0.05) is 48.5 Å². The van der Waals surface area contributed by atoms with Crippen molar-refractivity contribution in [2.24, 2.45) is 0 Å². The number of urea groups is 2. The largest absolute Gasteiger partial charge is 0.479 e. The Bertz CT molecular complexity index is 994. The highest BCUT2D eigenvalue weighted by atomic mass is 32.2. The molecule has 146 valence electrons. The number of carbonyl (C=O) groups excluding carboxylic acids is 2. The average molecular weight is 403 g/mol. The second-order valence-electron chi connectivity index (χ2n) is 5.96. The fourth-order valence-corrected chi connectivity index (χ4v) is 4.16. The van der Waals surface area contributed by atoms with Gasteiger partial charge < -0.3 is 10.4 Å². The lowest BCUT2D eigenvalue weighted by Crippen LogP contribution is -2.46. The van der Waals surface area contributed by atoms with Crippen molar-refractivity contribution in [1.29, 1.82) is 0 Å². The highest BCUT2D eigenvalue weighted by molar-refractivity contribution is 7.89. The monoisotopic (exact) mass is 403 g/mol. The van der Waals surface area contributed by atoms with E-state index < -0.39 is 34.1 Å². The van der Waals surface area contributed by atoms with Crippen molar-refractivity contribution in [2.75, 3.05) is 13.1 Å². The highest BCUT2D eigenvalue weighted by Gasteiger charge is 2.41. The van der Waals surface area contributed by atoms with Gasteiger partial charge in [0.25, 0.3) is 10.0 Å². The number of carboxylic acid groups (broad SMARTS) is 1. The number of aliphatic carboxylic acids is 1. The number of hydrogen-bond acceptors (Lipinski definition) is 5.